The zero-order chi connectivity index (χ0) is 35.6. The van der Waals surface area contributed by atoms with Crippen molar-refractivity contribution in [2.24, 2.45) is 5.41 Å². The number of nitriles is 1. The van der Waals surface area contributed by atoms with Crippen LogP contribution in [-0.4, -0.2) is 76.7 Å². The van der Waals surface area contributed by atoms with Crippen molar-refractivity contribution in [1.82, 2.24) is 20.0 Å². The Balaban J connectivity index is 1.71. The van der Waals surface area contributed by atoms with Crippen LogP contribution in [0.25, 0.3) is 0 Å². The summed E-state index contributed by atoms with van der Waals surface area (Å²) in [6.07, 6.45) is 1.36. The Hall–Kier alpha value is -3.11. The van der Waals surface area contributed by atoms with Crippen molar-refractivity contribution in [3.8, 4) is 6.07 Å². The number of carbonyl (C=O) groups is 1. The molecule has 1 aliphatic heterocycles. The van der Waals surface area contributed by atoms with Gasteiger partial charge >= 0.3 is 0 Å². The van der Waals surface area contributed by atoms with Crippen LogP contribution in [0, 0.1) is 28.4 Å². The Morgan fingerprint density at radius 2 is 1.92 bits per heavy atom. The summed E-state index contributed by atoms with van der Waals surface area (Å²) in [5.74, 6) is -3.10. The first-order valence-corrected chi connectivity index (χ1v) is 16.5. The number of halogens is 4. The molecule has 9 nitrogen and oxygen atoms in total. The Morgan fingerprint density at radius 1 is 1.21 bits per heavy atom. The molecule has 0 bridgehead atoms. The van der Waals surface area contributed by atoms with E-state index in [1.807, 2.05) is 53.6 Å². The highest BCUT2D eigenvalue weighted by atomic mass is 35.5. The summed E-state index contributed by atoms with van der Waals surface area (Å²) in [7, 11) is 3.73. The number of rotatable bonds is 12. The van der Waals surface area contributed by atoms with E-state index in [4.69, 9.17) is 27.9 Å². The molecule has 2 aromatic carbocycles. The number of likely N-dealkylation sites (N-methyl/N-ethyl adjacent to an activating group) is 1. The van der Waals surface area contributed by atoms with Gasteiger partial charge in [0.25, 0.3) is 0 Å². The first kappa shape index (κ1) is 37.7. The van der Waals surface area contributed by atoms with Gasteiger partial charge in [-0.05, 0) is 63.5 Å². The van der Waals surface area contributed by atoms with Gasteiger partial charge < -0.3 is 25.4 Å². The number of hydrogen-bond donors (Lipinski definition) is 3. The SMILES string of the molecule is CN(C)C[C@@H](O)COC(C)(C)Cn1ccc(NC(=O)[C@@H]2N[C@@H](CC(C)(C)C)[C@](C#N)(c3ccc(Cl)cc3F)[C@H]2c2cccc(Cl)c2F)n1. The average molecular weight is 706 g/mol. The van der Waals surface area contributed by atoms with E-state index < -0.39 is 52.7 Å². The van der Waals surface area contributed by atoms with Gasteiger partial charge in [0, 0.05) is 41.4 Å². The Labute approximate surface area is 291 Å². The van der Waals surface area contributed by atoms with Gasteiger partial charge in [0.1, 0.15) is 17.0 Å². The van der Waals surface area contributed by atoms with Crippen LogP contribution in [0.2, 0.25) is 10.0 Å². The molecule has 260 valence electrons. The molecular formula is C35H44Cl2F2N6O3. The summed E-state index contributed by atoms with van der Waals surface area (Å²) in [5, 5.41) is 31.8. The lowest BCUT2D eigenvalue weighted by molar-refractivity contribution is -0.118. The second-order valence-electron chi connectivity index (χ2n) is 14.6. The van der Waals surface area contributed by atoms with Crippen LogP contribution < -0.4 is 10.6 Å². The van der Waals surface area contributed by atoms with Crippen LogP contribution in [0.3, 0.4) is 0 Å². The lowest BCUT2D eigenvalue weighted by Gasteiger charge is -2.37. The number of aliphatic hydroxyl groups is 1. The smallest absolute Gasteiger partial charge is 0.243 e. The first-order valence-electron chi connectivity index (χ1n) is 15.7. The van der Waals surface area contributed by atoms with Crippen molar-refractivity contribution in [3.05, 3.63) is 81.5 Å². The van der Waals surface area contributed by atoms with Crippen LogP contribution in [0.1, 0.15) is 58.1 Å². The van der Waals surface area contributed by atoms with Crippen LogP contribution in [-0.2, 0) is 21.5 Å². The summed E-state index contributed by atoms with van der Waals surface area (Å²) in [4.78, 5) is 16.0. The Morgan fingerprint density at radius 3 is 2.54 bits per heavy atom. The topological polar surface area (TPSA) is 115 Å². The normalized spacial score (nSPS) is 22.1. The molecule has 0 aliphatic carbocycles. The molecule has 4 rings (SSSR count). The molecule has 1 fully saturated rings. The first-order chi connectivity index (χ1) is 22.4. The molecule has 3 aromatic rings. The lowest BCUT2D eigenvalue weighted by atomic mass is 9.62. The maximum Gasteiger partial charge on any atom is 0.243 e. The molecule has 13 heteroatoms. The van der Waals surface area contributed by atoms with E-state index in [2.05, 4.69) is 21.8 Å². The highest BCUT2D eigenvalue weighted by molar-refractivity contribution is 6.31. The highest BCUT2D eigenvalue weighted by Gasteiger charge is 2.61. The number of aromatic nitrogens is 2. The van der Waals surface area contributed by atoms with E-state index in [1.54, 1.807) is 16.9 Å². The van der Waals surface area contributed by atoms with E-state index in [1.165, 1.54) is 30.3 Å². The molecule has 2 heterocycles. The van der Waals surface area contributed by atoms with E-state index in [9.17, 15) is 15.2 Å². The molecule has 0 saturated carbocycles. The minimum absolute atomic E-state index is 0.00182. The molecule has 0 unspecified atom stereocenters. The number of nitrogens with zero attached hydrogens (tertiary/aromatic N) is 4. The predicted octanol–water partition coefficient (Wildman–Crippen LogP) is 6.15. The van der Waals surface area contributed by atoms with Gasteiger partial charge in [-0.1, -0.05) is 62.2 Å². The van der Waals surface area contributed by atoms with Crippen LogP contribution in [0.5, 0.6) is 0 Å². The Bertz CT molecular complexity index is 1650. The fraction of sp³-hybridized carbons (Fsp3) is 0.514. The molecule has 3 N–H and O–H groups in total. The predicted molar refractivity (Wildman–Crippen MR) is 183 cm³/mol. The van der Waals surface area contributed by atoms with Crippen molar-refractivity contribution in [2.75, 3.05) is 32.6 Å². The minimum atomic E-state index is -1.74. The summed E-state index contributed by atoms with van der Waals surface area (Å²) < 4.78 is 39.3. The third-order valence-electron chi connectivity index (χ3n) is 8.41. The second kappa shape index (κ2) is 14.8. The molecule has 5 atom stereocenters. The van der Waals surface area contributed by atoms with E-state index >= 15 is 8.78 Å². The number of nitrogens with one attached hydrogen (secondary N) is 2. The number of anilines is 1. The van der Waals surface area contributed by atoms with Crippen molar-refractivity contribution in [1.29, 1.82) is 5.26 Å². The van der Waals surface area contributed by atoms with Crippen LogP contribution in [0.15, 0.2) is 48.7 Å². The number of benzene rings is 2. The highest BCUT2D eigenvalue weighted by Crippen LogP contribution is 2.52. The van der Waals surface area contributed by atoms with Gasteiger partial charge in [-0.25, -0.2) is 8.78 Å². The number of hydrogen-bond acceptors (Lipinski definition) is 7. The van der Waals surface area contributed by atoms with Crippen molar-refractivity contribution in [2.45, 2.75) is 82.7 Å². The summed E-state index contributed by atoms with van der Waals surface area (Å²) in [5.41, 5.74) is -2.81. The zero-order valence-corrected chi connectivity index (χ0v) is 29.8. The van der Waals surface area contributed by atoms with Crippen LogP contribution >= 0.6 is 23.2 Å². The largest absolute Gasteiger partial charge is 0.389 e. The van der Waals surface area contributed by atoms with Gasteiger partial charge in [-0.2, -0.15) is 10.4 Å². The third-order valence-corrected chi connectivity index (χ3v) is 8.94. The standard InChI is InChI=1S/C35H44Cl2F2N6O3/c1-33(2,3)16-27-35(19-40,24-12-11-21(36)15-26(24)38)29(23-9-8-10-25(37)30(23)39)31(41-27)32(47)42-28-13-14-45(43-28)20-34(4,5)48-18-22(46)17-44(6)7/h8-15,22,27,29,31,41,46H,16-18,20H2,1-7H3,(H,42,43,47)/t22-,27+,29+,31-,35+/m1/s1. The lowest BCUT2D eigenvalue weighted by Crippen LogP contribution is -2.45. The molecule has 1 aliphatic rings. The molecule has 1 saturated heterocycles. The maximum atomic E-state index is 15.9. The van der Waals surface area contributed by atoms with Crippen molar-refractivity contribution >= 4 is 34.9 Å². The zero-order valence-electron chi connectivity index (χ0n) is 28.3. The molecule has 48 heavy (non-hydrogen) atoms. The fourth-order valence-corrected chi connectivity index (χ4v) is 6.85. The van der Waals surface area contributed by atoms with E-state index in [0.717, 1.165) is 6.07 Å². The molecular weight excluding hydrogens is 661 g/mol. The number of carbonyl (C=O) groups excluding carboxylic acids is 1. The average Bonchev–Trinajstić information content (AvgIpc) is 3.53. The quantitative estimate of drug-likeness (QED) is 0.207. The number of aliphatic hydroxyl groups excluding tert-OH is 1. The number of amides is 1. The summed E-state index contributed by atoms with van der Waals surface area (Å²) >= 11 is 12.3. The summed E-state index contributed by atoms with van der Waals surface area (Å²) in [6.45, 7) is 10.6. The monoisotopic (exact) mass is 704 g/mol. The minimum Gasteiger partial charge on any atom is -0.389 e. The van der Waals surface area contributed by atoms with Crippen LogP contribution in [0.4, 0.5) is 14.6 Å². The molecule has 1 amide bonds. The van der Waals surface area contributed by atoms with Crippen molar-refractivity contribution in [3.63, 3.8) is 0 Å². The fourth-order valence-electron chi connectivity index (χ4n) is 6.51. The molecule has 0 radical (unpaired) electrons. The van der Waals surface area contributed by atoms with Gasteiger partial charge in [0.05, 0.1) is 42.0 Å². The summed E-state index contributed by atoms with van der Waals surface area (Å²) in [6, 6.07) is 10.4. The van der Waals surface area contributed by atoms with Gasteiger partial charge in [-0.3, -0.25) is 9.48 Å². The third kappa shape index (κ3) is 8.54. The van der Waals surface area contributed by atoms with E-state index in [0.29, 0.717) is 19.5 Å². The van der Waals surface area contributed by atoms with Gasteiger partial charge in [0.2, 0.25) is 5.91 Å². The molecule has 0 spiro atoms. The Kier molecular flexibility index (Phi) is 11.6. The van der Waals surface area contributed by atoms with E-state index in [-0.39, 0.29) is 39.0 Å². The number of ether oxygens (including phenoxy) is 1. The van der Waals surface area contributed by atoms with Gasteiger partial charge in [-0.15, -0.1) is 0 Å². The molecule has 1 aromatic heterocycles. The van der Waals surface area contributed by atoms with Gasteiger partial charge in [0.15, 0.2) is 5.82 Å². The van der Waals surface area contributed by atoms with Crippen molar-refractivity contribution < 1.29 is 23.4 Å². The maximum absolute atomic E-state index is 15.9. The second-order valence-corrected chi connectivity index (χ2v) is 15.4.